The predicted octanol–water partition coefficient (Wildman–Crippen LogP) is 27.7. The van der Waals surface area contributed by atoms with Crippen LogP contribution in [0.1, 0.15) is 250 Å². The second kappa shape index (κ2) is 31.7. The highest BCUT2D eigenvalue weighted by Crippen LogP contribution is 2.68. The number of rotatable bonds is 26. The van der Waals surface area contributed by atoms with Gasteiger partial charge in [0.15, 0.2) is 11.6 Å². The largest absolute Gasteiger partial charge is 0.416 e. The molecule has 0 N–H and O–H groups in total. The zero-order valence-electron chi connectivity index (χ0n) is 62.8. The monoisotopic (exact) mass is 1560 g/mol. The van der Waals surface area contributed by atoms with Gasteiger partial charge in [-0.25, -0.2) is 0 Å². The summed E-state index contributed by atoms with van der Waals surface area (Å²) in [6.45, 7) is 8.85. The van der Waals surface area contributed by atoms with Crippen molar-refractivity contribution >= 4 is 99.0 Å². The van der Waals surface area contributed by atoms with Gasteiger partial charge in [-0.05, 0) is 202 Å². The van der Waals surface area contributed by atoms with E-state index in [9.17, 15) is 57.0 Å². The zero-order chi connectivity index (χ0) is 78.4. The molecule has 0 aliphatic heterocycles. The van der Waals surface area contributed by atoms with E-state index >= 15 is 0 Å². The van der Waals surface area contributed by atoms with Crippen molar-refractivity contribution in [2.24, 2.45) is 0 Å². The molecular weight excluding hydrogens is 1480 g/mol. The Morgan fingerprint density at radius 1 is 0.366 bits per heavy atom. The average molecular weight is 1560 g/mol. The van der Waals surface area contributed by atoms with E-state index < -0.39 is 57.0 Å². The van der Waals surface area contributed by atoms with Gasteiger partial charge in [0.2, 0.25) is 0 Å². The Kier molecular flexibility index (Phi) is 21.8. The van der Waals surface area contributed by atoms with Crippen molar-refractivity contribution in [3.05, 3.63) is 290 Å². The smallest absolute Gasteiger partial charge is 0.289 e. The standard InChI is InChI=1S/C96H80F6N4O2S4/c1-5-9-13-17-21-57-25-33-63(34-26-57)93(64-35-27-58(28-36-64)22-18-14-10-6-2)79-51-76-80(52-75(79)89-85(93)91-81(111-89)49-69(109-91)47-77-83(61(53-103)54-104)73-45-67(95(97,98)99)41-43-71(73)87(77)107)94(65-37-29-59(30-38-65)23-19-15-11-7-3,66-39-31-60(32-40-66)24-20-16-12-8-4)86-90(76)112-82-50-70(110-92(82)86)48-78-84(62(55-105)56-106)74-46-68(96(100,101)102)42-44-72(74)88(78)108/h25-52H,5-24H2,1-4H3. The Balaban J connectivity index is 1.01. The van der Waals surface area contributed by atoms with Gasteiger partial charge >= 0.3 is 12.4 Å². The van der Waals surface area contributed by atoms with E-state index in [0.717, 1.165) is 249 Å². The van der Waals surface area contributed by atoms with Gasteiger partial charge in [-0.1, -0.05) is 202 Å². The maximum atomic E-state index is 14.7. The minimum atomic E-state index is -4.77. The molecule has 562 valence electrons. The molecule has 6 nitrogen and oxygen atoms in total. The second-order valence-corrected chi connectivity index (χ2v) is 34.3. The highest BCUT2D eigenvalue weighted by atomic mass is 32.1. The lowest BCUT2D eigenvalue weighted by Gasteiger charge is -2.36. The molecule has 112 heavy (non-hydrogen) atoms. The molecule has 16 heteroatoms. The normalized spacial score (nSPS) is 15.0. The van der Waals surface area contributed by atoms with Gasteiger partial charge in [-0.3, -0.25) is 9.59 Å². The van der Waals surface area contributed by atoms with Crippen molar-refractivity contribution in [2.45, 2.75) is 179 Å². The van der Waals surface area contributed by atoms with Crippen LogP contribution in [0, 0.1) is 45.3 Å². The Hall–Kier alpha value is -10.3. The van der Waals surface area contributed by atoms with Crippen LogP contribution in [0.2, 0.25) is 0 Å². The fraction of sp³-hybridized carbons (Fsp3) is 0.292. The van der Waals surface area contributed by atoms with Crippen LogP contribution in [0.4, 0.5) is 26.3 Å². The Morgan fingerprint density at radius 3 is 0.946 bits per heavy atom. The lowest BCUT2D eigenvalue weighted by atomic mass is 9.65. The zero-order valence-corrected chi connectivity index (χ0v) is 66.1. The van der Waals surface area contributed by atoms with Gasteiger partial charge in [0.05, 0.1) is 31.4 Å². The highest BCUT2D eigenvalue weighted by molar-refractivity contribution is 7.31. The first-order chi connectivity index (χ1) is 54.3. The fourth-order valence-corrected chi connectivity index (χ4v) is 23.0. The predicted molar refractivity (Wildman–Crippen MR) is 443 cm³/mol. The third-order valence-corrected chi connectivity index (χ3v) is 27.9. The summed E-state index contributed by atoms with van der Waals surface area (Å²) in [4.78, 5) is 32.8. The number of ketones is 2. The molecule has 0 bridgehead atoms. The van der Waals surface area contributed by atoms with Gasteiger partial charge in [0, 0.05) is 73.5 Å². The number of unbranched alkanes of at least 4 members (excludes halogenated alkanes) is 12. The van der Waals surface area contributed by atoms with Crippen molar-refractivity contribution in [1.29, 1.82) is 21.0 Å². The van der Waals surface area contributed by atoms with Crippen LogP contribution >= 0.6 is 45.3 Å². The summed E-state index contributed by atoms with van der Waals surface area (Å²) in [5.41, 5.74) is 9.63. The summed E-state index contributed by atoms with van der Waals surface area (Å²) in [6.07, 6.45) is 15.0. The highest BCUT2D eigenvalue weighted by Gasteiger charge is 2.55. The number of carbonyl (C=O) groups excluding carboxylic acids is 2. The van der Waals surface area contributed by atoms with Crippen molar-refractivity contribution in [3.63, 3.8) is 0 Å². The van der Waals surface area contributed by atoms with Crippen molar-refractivity contribution < 1.29 is 35.9 Å². The number of hydrogen-bond acceptors (Lipinski definition) is 10. The summed E-state index contributed by atoms with van der Waals surface area (Å²) in [6, 6.07) is 58.8. The molecule has 0 fully saturated rings. The fourth-order valence-electron chi connectivity index (χ4n) is 17.6. The molecule has 4 aromatic heterocycles. The number of thiophene rings is 4. The molecule has 0 unspecified atom stereocenters. The van der Waals surface area contributed by atoms with E-state index in [1.165, 1.54) is 44.9 Å². The maximum Gasteiger partial charge on any atom is 0.416 e. The number of fused-ring (bicyclic) bond motifs is 12. The van der Waals surface area contributed by atoms with Crippen LogP contribution < -0.4 is 0 Å². The number of carbonyl (C=O) groups is 2. The molecule has 4 heterocycles. The number of nitrogens with zero attached hydrogens (tertiary/aromatic N) is 4. The number of hydrogen-bond donors (Lipinski definition) is 0. The average Bonchev–Trinajstić information content (AvgIpc) is 1.49. The van der Waals surface area contributed by atoms with Gasteiger partial charge in [-0.2, -0.15) is 47.4 Å². The van der Waals surface area contributed by atoms with Crippen LogP contribution in [0.5, 0.6) is 0 Å². The second-order valence-electron chi connectivity index (χ2n) is 30.0. The van der Waals surface area contributed by atoms with Crippen molar-refractivity contribution in [2.75, 3.05) is 0 Å². The molecule has 4 aliphatic carbocycles. The SMILES string of the molecule is CCCCCCc1ccc(C2(c3ccc(CCCCCC)cc3)c3cc4c(cc3-c3sc5cc(C=C6C(=O)c7ccc(C(F)(F)F)cc7C6=C(C#N)C#N)sc5c32)C(c2ccc(CCCCCC)cc2)(c2ccc(CCCCCC)cc2)c2c-4sc3cc(C=C4C(=O)c5ccc(C(F)(F)F)cc5C4=C(C#N)C#N)sc23)cc1. The van der Waals surface area contributed by atoms with E-state index in [2.05, 4.69) is 137 Å². The molecule has 15 rings (SSSR count). The van der Waals surface area contributed by atoms with Crippen LogP contribution in [0.25, 0.3) is 63.0 Å². The lowest BCUT2D eigenvalue weighted by Crippen LogP contribution is -2.30. The molecule has 0 saturated heterocycles. The summed E-state index contributed by atoms with van der Waals surface area (Å²) in [7, 11) is 0. The van der Waals surface area contributed by atoms with Gasteiger partial charge in [0.1, 0.15) is 35.4 Å². The summed E-state index contributed by atoms with van der Waals surface area (Å²) >= 11 is 6.23. The third-order valence-electron chi connectivity index (χ3n) is 23.1. The van der Waals surface area contributed by atoms with Crippen LogP contribution in [-0.2, 0) is 48.9 Å². The van der Waals surface area contributed by atoms with Crippen LogP contribution in [0.3, 0.4) is 0 Å². The molecule has 0 amide bonds. The van der Waals surface area contributed by atoms with E-state index in [1.54, 1.807) is 34.8 Å². The third kappa shape index (κ3) is 13.6. The number of halogens is 6. The van der Waals surface area contributed by atoms with Crippen LogP contribution in [-0.4, -0.2) is 11.6 Å². The van der Waals surface area contributed by atoms with E-state index in [-0.39, 0.29) is 44.5 Å². The minimum absolute atomic E-state index is 0.0281. The molecular formula is C96H80F6N4O2S4. The van der Waals surface area contributed by atoms with Gasteiger partial charge in [0.25, 0.3) is 0 Å². The molecule has 0 spiro atoms. The topological polar surface area (TPSA) is 129 Å². The summed E-state index contributed by atoms with van der Waals surface area (Å²) in [5, 5.41) is 41.8. The van der Waals surface area contributed by atoms with Crippen molar-refractivity contribution in [1.82, 2.24) is 0 Å². The Morgan fingerprint density at radius 2 is 0.670 bits per heavy atom. The maximum absolute atomic E-state index is 14.7. The van der Waals surface area contributed by atoms with E-state index in [4.69, 9.17) is 0 Å². The van der Waals surface area contributed by atoms with Gasteiger partial charge < -0.3 is 0 Å². The van der Waals surface area contributed by atoms with Gasteiger partial charge in [-0.15, -0.1) is 45.3 Å². The molecule has 4 aliphatic rings. The molecule has 0 radical (unpaired) electrons. The first kappa shape index (κ1) is 77.0. The number of alkyl halides is 6. The first-order valence-corrected chi connectivity index (χ1v) is 42.3. The number of nitriles is 4. The molecule has 7 aromatic carbocycles. The summed E-state index contributed by atoms with van der Waals surface area (Å²) in [5.74, 6) is -1.18. The molecule has 0 atom stereocenters. The quantitative estimate of drug-likeness (QED) is 0.0230. The first-order valence-electron chi connectivity index (χ1n) is 39.0. The number of benzene rings is 7. The number of allylic oxidation sites excluding steroid dienone is 6. The molecule has 11 aromatic rings. The van der Waals surface area contributed by atoms with E-state index in [0.29, 0.717) is 9.75 Å². The minimum Gasteiger partial charge on any atom is -0.289 e. The summed E-state index contributed by atoms with van der Waals surface area (Å²) < 4.78 is 90.5. The Bertz CT molecular complexity index is 5380. The Labute approximate surface area is 665 Å². The van der Waals surface area contributed by atoms with Crippen molar-refractivity contribution in [3.8, 4) is 45.2 Å². The number of aryl methyl sites for hydroxylation is 4. The number of Topliss-reactive ketones (excluding diaryl/α,β-unsaturated/α-hetero) is 2. The van der Waals surface area contributed by atoms with Crippen LogP contribution in [0.15, 0.2) is 180 Å². The molecule has 0 saturated carbocycles. The van der Waals surface area contributed by atoms with E-state index in [1.807, 2.05) is 36.4 Å². The lowest BCUT2D eigenvalue weighted by molar-refractivity contribution is -0.138.